The van der Waals surface area contributed by atoms with Crippen molar-refractivity contribution in [3.63, 3.8) is 0 Å². The lowest BCUT2D eigenvalue weighted by Gasteiger charge is -2.36. The van der Waals surface area contributed by atoms with Crippen molar-refractivity contribution in [3.05, 3.63) is 35.4 Å². The Morgan fingerprint density at radius 2 is 1.80 bits per heavy atom. The van der Waals surface area contributed by atoms with Crippen molar-refractivity contribution >= 4 is 5.91 Å². The van der Waals surface area contributed by atoms with Gasteiger partial charge in [0.2, 0.25) is 5.91 Å². The zero-order chi connectivity index (χ0) is 18.0. The molecule has 3 rings (SSSR count). The SMILES string of the molecule is CN1CCN([C@@H]2CCN(C(=O)Cc3ccccc3C(F)(F)F)C2)CC1. The van der Waals surface area contributed by atoms with Gasteiger partial charge in [-0.05, 0) is 25.1 Å². The fraction of sp³-hybridized carbons (Fsp3) is 0.611. The van der Waals surface area contributed by atoms with E-state index in [0.29, 0.717) is 19.1 Å². The molecule has 25 heavy (non-hydrogen) atoms. The van der Waals surface area contributed by atoms with E-state index in [0.717, 1.165) is 38.7 Å². The number of halogens is 3. The Kier molecular flexibility index (Phi) is 5.34. The van der Waals surface area contributed by atoms with Gasteiger partial charge in [0.25, 0.3) is 0 Å². The summed E-state index contributed by atoms with van der Waals surface area (Å²) < 4.78 is 39.2. The summed E-state index contributed by atoms with van der Waals surface area (Å²) in [6.07, 6.45) is -3.72. The first-order chi connectivity index (χ1) is 11.8. The summed E-state index contributed by atoms with van der Waals surface area (Å²) >= 11 is 0. The predicted molar refractivity (Wildman–Crippen MR) is 89.2 cm³/mol. The summed E-state index contributed by atoms with van der Waals surface area (Å²) in [7, 11) is 2.10. The highest BCUT2D eigenvalue weighted by molar-refractivity contribution is 5.79. The van der Waals surface area contributed by atoms with Gasteiger partial charge in [0.15, 0.2) is 0 Å². The number of benzene rings is 1. The maximum atomic E-state index is 13.1. The molecule has 0 aliphatic carbocycles. The summed E-state index contributed by atoms with van der Waals surface area (Å²) in [6, 6.07) is 5.68. The van der Waals surface area contributed by atoms with E-state index in [-0.39, 0.29) is 17.9 Å². The largest absolute Gasteiger partial charge is 0.416 e. The first-order valence-electron chi connectivity index (χ1n) is 8.70. The third-order valence-electron chi connectivity index (χ3n) is 5.23. The molecule has 1 aromatic carbocycles. The Labute approximate surface area is 146 Å². The number of likely N-dealkylation sites (tertiary alicyclic amines) is 1. The van der Waals surface area contributed by atoms with Crippen molar-refractivity contribution in [2.75, 3.05) is 46.3 Å². The number of carbonyl (C=O) groups excluding carboxylic acids is 1. The second kappa shape index (κ2) is 7.33. The highest BCUT2D eigenvalue weighted by Crippen LogP contribution is 2.32. The van der Waals surface area contributed by atoms with Crippen molar-refractivity contribution in [1.82, 2.24) is 14.7 Å². The lowest BCUT2D eigenvalue weighted by atomic mass is 10.0. The van der Waals surface area contributed by atoms with Gasteiger partial charge in [-0.1, -0.05) is 18.2 Å². The second-order valence-electron chi connectivity index (χ2n) is 6.95. The minimum atomic E-state index is -4.43. The first-order valence-corrected chi connectivity index (χ1v) is 8.70. The highest BCUT2D eigenvalue weighted by atomic mass is 19.4. The number of amides is 1. The molecule has 2 aliphatic rings. The molecule has 4 nitrogen and oxygen atoms in total. The minimum Gasteiger partial charge on any atom is -0.341 e. The zero-order valence-corrected chi connectivity index (χ0v) is 14.4. The molecule has 2 saturated heterocycles. The number of likely N-dealkylation sites (N-methyl/N-ethyl adjacent to an activating group) is 1. The Balaban J connectivity index is 1.60. The van der Waals surface area contributed by atoms with E-state index in [1.165, 1.54) is 12.1 Å². The molecule has 7 heteroatoms. The van der Waals surface area contributed by atoms with Crippen LogP contribution in [-0.2, 0) is 17.4 Å². The molecule has 2 aliphatic heterocycles. The average molecular weight is 355 g/mol. The third-order valence-corrected chi connectivity index (χ3v) is 5.23. The summed E-state index contributed by atoms with van der Waals surface area (Å²) in [5.41, 5.74) is -0.652. The molecule has 0 N–H and O–H groups in total. The first kappa shape index (κ1) is 18.2. The van der Waals surface area contributed by atoms with Gasteiger partial charge < -0.3 is 9.80 Å². The van der Waals surface area contributed by atoms with Crippen LogP contribution in [-0.4, -0.2) is 73.0 Å². The molecule has 0 unspecified atom stereocenters. The fourth-order valence-electron chi connectivity index (χ4n) is 3.68. The van der Waals surface area contributed by atoms with Crippen LogP contribution in [0.1, 0.15) is 17.5 Å². The second-order valence-corrected chi connectivity index (χ2v) is 6.95. The molecule has 1 amide bonds. The quantitative estimate of drug-likeness (QED) is 0.831. The van der Waals surface area contributed by atoms with Crippen LogP contribution in [0, 0.1) is 0 Å². The number of piperazine rings is 1. The molecule has 1 aromatic rings. The molecule has 138 valence electrons. The van der Waals surface area contributed by atoms with Crippen molar-refractivity contribution in [2.24, 2.45) is 0 Å². The molecule has 1 atom stereocenters. The smallest absolute Gasteiger partial charge is 0.341 e. The van der Waals surface area contributed by atoms with E-state index in [1.54, 1.807) is 11.0 Å². The van der Waals surface area contributed by atoms with Crippen LogP contribution in [0.25, 0.3) is 0 Å². The number of hydrogen-bond donors (Lipinski definition) is 0. The number of alkyl halides is 3. The normalized spacial score (nSPS) is 23.2. The number of nitrogens with zero attached hydrogens (tertiary/aromatic N) is 3. The van der Waals surface area contributed by atoms with E-state index >= 15 is 0 Å². The van der Waals surface area contributed by atoms with E-state index in [9.17, 15) is 18.0 Å². The Hall–Kier alpha value is -1.60. The standard InChI is InChI=1S/C18H24F3N3O/c1-22-8-10-23(11-9-22)15-6-7-24(13-15)17(25)12-14-4-2-3-5-16(14)18(19,20)21/h2-5,15H,6-13H2,1H3/t15-/m1/s1. The lowest BCUT2D eigenvalue weighted by Crippen LogP contribution is -2.50. The molecular formula is C18H24F3N3O. The number of rotatable bonds is 3. The van der Waals surface area contributed by atoms with Gasteiger partial charge >= 0.3 is 6.18 Å². The van der Waals surface area contributed by atoms with Crippen LogP contribution in [0.4, 0.5) is 13.2 Å². The van der Waals surface area contributed by atoms with Crippen molar-refractivity contribution in [2.45, 2.75) is 25.1 Å². The molecule has 0 saturated carbocycles. The van der Waals surface area contributed by atoms with E-state index in [2.05, 4.69) is 16.8 Å². The van der Waals surface area contributed by atoms with Gasteiger partial charge in [-0.25, -0.2) is 0 Å². The fourth-order valence-corrected chi connectivity index (χ4v) is 3.68. The van der Waals surface area contributed by atoms with Gasteiger partial charge in [-0.3, -0.25) is 9.69 Å². The van der Waals surface area contributed by atoms with Gasteiger partial charge in [0.1, 0.15) is 0 Å². The van der Waals surface area contributed by atoms with Crippen molar-refractivity contribution < 1.29 is 18.0 Å². The van der Waals surface area contributed by atoms with Gasteiger partial charge in [-0.2, -0.15) is 13.2 Å². The molecule has 2 fully saturated rings. The van der Waals surface area contributed by atoms with E-state index < -0.39 is 11.7 Å². The van der Waals surface area contributed by atoms with Crippen molar-refractivity contribution in [1.29, 1.82) is 0 Å². The Morgan fingerprint density at radius 3 is 2.48 bits per heavy atom. The average Bonchev–Trinajstić information content (AvgIpc) is 3.05. The Morgan fingerprint density at radius 1 is 1.12 bits per heavy atom. The van der Waals surface area contributed by atoms with Crippen LogP contribution in [0.2, 0.25) is 0 Å². The Bertz CT molecular complexity index is 612. The zero-order valence-electron chi connectivity index (χ0n) is 14.4. The highest BCUT2D eigenvalue weighted by Gasteiger charge is 2.35. The molecule has 0 radical (unpaired) electrons. The van der Waals surface area contributed by atoms with Crippen LogP contribution in [0.5, 0.6) is 0 Å². The number of hydrogen-bond acceptors (Lipinski definition) is 3. The monoisotopic (exact) mass is 355 g/mol. The summed E-state index contributed by atoms with van der Waals surface area (Å²) in [4.78, 5) is 18.9. The predicted octanol–water partition coefficient (Wildman–Crippen LogP) is 2.10. The van der Waals surface area contributed by atoms with Crippen LogP contribution < -0.4 is 0 Å². The summed E-state index contributed by atoms with van der Waals surface area (Å²) in [5, 5.41) is 0. The van der Waals surface area contributed by atoms with Gasteiger partial charge in [0.05, 0.1) is 12.0 Å². The van der Waals surface area contributed by atoms with Gasteiger partial charge in [-0.15, -0.1) is 0 Å². The molecular weight excluding hydrogens is 331 g/mol. The topological polar surface area (TPSA) is 26.8 Å². The van der Waals surface area contributed by atoms with Gasteiger partial charge in [0, 0.05) is 45.3 Å². The third kappa shape index (κ3) is 4.33. The maximum Gasteiger partial charge on any atom is 0.416 e. The van der Waals surface area contributed by atoms with Crippen LogP contribution >= 0.6 is 0 Å². The summed E-state index contributed by atoms with van der Waals surface area (Å²) in [6.45, 7) is 5.26. The van der Waals surface area contributed by atoms with Crippen molar-refractivity contribution in [3.8, 4) is 0 Å². The van der Waals surface area contributed by atoms with E-state index in [1.807, 2.05) is 0 Å². The number of carbonyl (C=O) groups is 1. The molecule has 0 aromatic heterocycles. The van der Waals surface area contributed by atoms with E-state index in [4.69, 9.17) is 0 Å². The molecule has 2 heterocycles. The lowest BCUT2D eigenvalue weighted by molar-refractivity contribution is -0.138. The maximum absolute atomic E-state index is 13.1. The van der Waals surface area contributed by atoms with Crippen LogP contribution in [0.15, 0.2) is 24.3 Å². The molecule has 0 bridgehead atoms. The summed E-state index contributed by atoms with van der Waals surface area (Å²) in [5.74, 6) is -0.215. The van der Waals surface area contributed by atoms with Crippen LogP contribution in [0.3, 0.4) is 0 Å². The minimum absolute atomic E-state index is 0.0584. The molecule has 0 spiro atoms.